The highest BCUT2D eigenvalue weighted by Crippen LogP contribution is 2.40. The van der Waals surface area contributed by atoms with E-state index in [0.29, 0.717) is 25.9 Å². The van der Waals surface area contributed by atoms with Crippen LogP contribution in [0.5, 0.6) is 0 Å². The van der Waals surface area contributed by atoms with E-state index in [2.05, 4.69) is 15.6 Å². The van der Waals surface area contributed by atoms with E-state index in [4.69, 9.17) is 52.7 Å². The van der Waals surface area contributed by atoms with E-state index in [1.54, 1.807) is 0 Å². The van der Waals surface area contributed by atoms with Gasteiger partial charge in [0.25, 0.3) is 5.91 Å². The fourth-order valence-corrected chi connectivity index (χ4v) is 5.88. The molecule has 1 amide bonds. The fourth-order valence-electron chi connectivity index (χ4n) is 5.88. The van der Waals surface area contributed by atoms with Crippen LogP contribution in [0, 0.1) is 0 Å². The molecule has 0 aromatic heterocycles. The minimum Gasteiger partial charge on any atom is -0.395 e. The zero-order chi connectivity index (χ0) is 32.3. The van der Waals surface area contributed by atoms with Crippen LogP contribution in [0.1, 0.15) is 25.7 Å². The number of aliphatic imine (C=N–C) groups is 1. The zero-order valence-corrected chi connectivity index (χ0v) is 24.3. The summed E-state index contributed by atoms with van der Waals surface area (Å²) in [4.78, 5) is 17.0. The summed E-state index contributed by atoms with van der Waals surface area (Å²) >= 11 is 0. The summed E-state index contributed by atoms with van der Waals surface area (Å²) in [5.41, 5.74) is 27.5. The third-order valence-electron chi connectivity index (χ3n) is 8.61. The second-order valence-corrected chi connectivity index (χ2v) is 11.9. The minimum atomic E-state index is -1.91. The molecule has 0 aromatic rings. The second kappa shape index (κ2) is 14.7. The number of rotatable bonds is 12. The van der Waals surface area contributed by atoms with Gasteiger partial charge in [0.2, 0.25) is 0 Å². The molecular weight excluding hydrogens is 588 g/mol. The Balaban J connectivity index is 1.52. The van der Waals surface area contributed by atoms with Crippen molar-refractivity contribution in [1.29, 1.82) is 0 Å². The van der Waals surface area contributed by atoms with Crippen molar-refractivity contribution in [1.82, 2.24) is 10.6 Å². The Morgan fingerprint density at radius 2 is 1.66 bits per heavy atom. The number of hydrogen-bond acceptors (Lipinski definition) is 16. The summed E-state index contributed by atoms with van der Waals surface area (Å²) in [5, 5.41) is 67.7. The van der Waals surface area contributed by atoms with E-state index in [-0.39, 0.29) is 31.5 Å². The normalized spacial score (nSPS) is 45.8. The monoisotopic (exact) mass is 636 g/mol. The molecule has 2 aliphatic carbocycles. The number of nitrogens with zero attached hydrogens (tertiary/aromatic N) is 1. The van der Waals surface area contributed by atoms with Gasteiger partial charge in [-0.3, -0.25) is 4.79 Å². The van der Waals surface area contributed by atoms with Gasteiger partial charge in [-0.05, 0) is 19.3 Å². The first-order valence-corrected chi connectivity index (χ1v) is 14.8. The summed E-state index contributed by atoms with van der Waals surface area (Å²) in [6.45, 7) is 0.133. The van der Waals surface area contributed by atoms with Gasteiger partial charge in [0.1, 0.15) is 36.6 Å². The van der Waals surface area contributed by atoms with Gasteiger partial charge in [0.15, 0.2) is 24.1 Å². The largest absolute Gasteiger partial charge is 0.395 e. The number of nitrogens with two attached hydrogens (primary N) is 5. The maximum absolute atomic E-state index is 13.1. The molecular formula is C25H48N8O11. The van der Waals surface area contributed by atoms with E-state index in [9.17, 15) is 30.3 Å². The highest BCUT2D eigenvalue weighted by Gasteiger charge is 2.61. The van der Waals surface area contributed by atoms with Gasteiger partial charge in [-0.25, -0.2) is 4.99 Å². The number of nitrogens with one attached hydrogen (secondary N) is 2. The fraction of sp³-hybridized carbons (Fsp3) is 0.920. The predicted octanol–water partition coefficient (Wildman–Crippen LogP) is -7.71. The highest BCUT2D eigenvalue weighted by molar-refractivity contribution is 5.90. The summed E-state index contributed by atoms with van der Waals surface area (Å²) < 4.78 is 23.7. The zero-order valence-electron chi connectivity index (χ0n) is 24.3. The van der Waals surface area contributed by atoms with E-state index in [1.807, 2.05) is 0 Å². The van der Waals surface area contributed by atoms with Crippen molar-refractivity contribution in [2.75, 3.05) is 26.3 Å². The minimum absolute atomic E-state index is 0.0362. The van der Waals surface area contributed by atoms with Crippen LogP contribution in [-0.2, 0) is 23.7 Å². The Hall–Kier alpha value is -1.82. The molecule has 2 heterocycles. The molecule has 0 spiro atoms. The average molecular weight is 637 g/mol. The molecule has 254 valence electrons. The maximum atomic E-state index is 13.1. The van der Waals surface area contributed by atoms with E-state index < -0.39 is 97.5 Å². The smallest absolute Gasteiger partial charge is 0.254 e. The van der Waals surface area contributed by atoms with Crippen LogP contribution in [-0.4, -0.2) is 160 Å². The van der Waals surface area contributed by atoms with E-state index in [0.717, 1.165) is 0 Å². The summed E-state index contributed by atoms with van der Waals surface area (Å²) in [5.74, 6) is -1.14. The average Bonchev–Trinajstić information content (AvgIpc) is 3.63. The summed E-state index contributed by atoms with van der Waals surface area (Å²) in [6, 6.07) is -4.65. The molecule has 4 fully saturated rings. The van der Waals surface area contributed by atoms with E-state index in [1.165, 1.54) is 0 Å². The van der Waals surface area contributed by atoms with Crippen molar-refractivity contribution >= 4 is 11.9 Å². The third kappa shape index (κ3) is 7.76. The molecule has 2 saturated carbocycles. The number of ether oxygens (including phenoxy) is 4. The molecule has 19 heteroatoms. The van der Waals surface area contributed by atoms with Crippen LogP contribution in [0.3, 0.4) is 0 Å². The number of amides is 1. The van der Waals surface area contributed by atoms with Crippen LogP contribution in [0.15, 0.2) is 4.99 Å². The van der Waals surface area contributed by atoms with Crippen molar-refractivity contribution in [3.8, 4) is 0 Å². The maximum Gasteiger partial charge on any atom is 0.254 e. The number of guanidine groups is 1. The number of carbonyl (C=O) groups is 1. The van der Waals surface area contributed by atoms with Crippen LogP contribution in [0.4, 0.5) is 0 Å². The first kappa shape index (κ1) is 35.0. The lowest BCUT2D eigenvalue weighted by molar-refractivity contribution is -0.314. The van der Waals surface area contributed by atoms with Crippen molar-refractivity contribution in [3.05, 3.63) is 0 Å². The molecule has 4 aliphatic rings. The Morgan fingerprint density at radius 1 is 0.955 bits per heavy atom. The molecule has 0 aromatic carbocycles. The predicted molar refractivity (Wildman–Crippen MR) is 151 cm³/mol. The Morgan fingerprint density at radius 3 is 2.32 bits per heavy atom. The third-order valence-corrected chi connectivity index (χ3v) is 8.61. The van der Waals surface area contributed by atoms with E-state index >= 15 is 0 Å². The quantitative estimate of drug-likeness (QED) is 0.0537. The number of aliphatic hydroxyl groups is 6. The lowest BCUT2D eigenvalue weighted by Crippen LogP contribution is -2.69. The molecule has 4 rings (SSSR count). The van der Waals surface area contributed by atoms with Gasteiger partial charge in [-0.1, -0.05) is 0 Å². The molecule has 2 aliphatic heterocycles. The number of carbonyl (C=O) groups excluding carboxylic acids is 1. The van der Waals surface area contributed by atoms with Crippen molar-refractivity contribution in [3.63, 3.8) is 0 Å². The van der Waals surface area contributed by atoms with Crippen LogP contribution in [0.25, 0.3) is 0 Å². The Bertz CT molecular complexity index is 996. The van der Waals surface area contributed by atoms with Crippen LogP contribution >= 0.6 is 0 Å². The number of hydrogen-bond donors (Lipinski definition) is 13. The second-order valence-electron chi connectivity index (χ2n) is 11.9. The number of aliphatic hydroxyl groups excluding tert-OH is 5. The summed E-state index contributed by atoms with van der Waals surface area (Å²) in [7, 11) is 0. The SMILES string of the molecule is NC(N)=NC1CC1(O)C(=O)N[C@@H]1C[C@H](N)C(O[C@H]2O[C@H](CNCCO)CC[C@H]2N)[C@H](O)[C@H]1O[C@H]1O[C@H](CO)[C@@H](O)[C@H](N)[C@H]1O. The topological polar surface area (TPSA) is 342 Å². The molecule has 3 unspecified atom stereocenters. The van der Waals surface area contributed by atoms with Gasteiger partial charge < -0.3 is 88.9 Å². The molecule has 15 atom stereocenters. The first-order valence-electron chi connectivity index (χ1n) is 14.8. The standard InChI is InChI=1S/C25H48N8O11/c26-10-2-1-9(7-31-3-4-34)41-21(10)43-19-11(27)5-12(32-23(39)25(40)6-14(25)33-24(29)30)20(18(19)38)44-22-17(37)15(28)16(36)13(8-35)42-22/h9-22,31,34-38,40H,1-8,26-28H2,(H,32,39)(H4,29,30,33)/t9-,10+,11-,12+,13+,14?,15-,16+,17+,18-,19?,20-,21+,22+,25?/m0/s1. The molecule has 44 heavy (non-hydrogen) atoms. The van der Waals surface area contributed by atoms with Gasteiger partial charge in [-0.2, -0.15) is 0 Å². The van der Waals surface area contributed by atoms with Gasteiger partial charge >= 0.3 is 0 Å². The van der Waals surface area contributed by atoms with Crippen molar-refractivity contribution < 1.29 is 54.4 Å². The van der Waals surface area contributed by atoms with Crippen molar-refractivity contribution in [2.24, 2.45) is 33.7 Å². The summed E-state index contributed by atoms with van der Waals surface area (Å²) in [6.07, 6.45) is -9.97. The van der Waals surface area contributed by atoms with Gasteiger partial charge in [-0.15, -0.1) is 0 Å². The lowest BCUT2D eigenvalue weighted by atomic mass is 9.83. The van der Waals surface area contributed by atoms with Crippen LogP contribution in [0.2, 0.25) is 0 Å². The molecule has 0 bridgehead atoms. The van der Waals surface area contributed by atoms with Gasteiger partial charge in [0, 0.05) is 25.6 Å². The molecule has 0 radical (unpaired) electrons. The van der Waals surface area contributed by atoms with Crippen LogP contribution < -0.4 is 39.3 Å². The Kier molecular flexibility index (Phi) is 11.7. The lowest BCUT2D eigenvalue weighted by Gasteiger charge is -2.48. The van der Waals surface area contributed by atoms with Crippen molar-refractivity contribution in [2.45, 2.75) is 117 Å². The molecule has 18 N–H and O–H groups in total. The Labute approximate surface area is 254 Å². The van der Waals surface area contributed by atoms with Gasteiger partial charge in [0.05, 0.1) is 43.5 Å². The highest BCUT2D eigenvalue weighted by atomic mass is 16.7. The molecule has 19 nitrogen and oxygen atoms in total. The first-order chi connectivity index (χ1) is 20.8. The molecule has 2 saturated heterocycles.